The van der Waals surface area contributed by atoms with Crippen LogP contribution < -0.4 is 10.2 Å². The lowest BCUT2D eigenvalue weighted by atomic mass is 10.2. The highest BCUT2D eigenvalue weighted by atomic mass is 15.2. The second-order valence-electron chi connectivity index (χ2n) is 4.46. The van der Waals surface area contributed by atoms with Crippen LogP contribution in [-0.4, -0.2) is 30.1 Å². The van der Waals surface area contributed by atoms with Crippen LogP contribution in [0.3, 0.4) is 0 Å². The van der Waals surface area contributed by atoms with Crippen molar-refractivity contribution in [3.63, 3.8) is 0 Å². The average molecular weight is 222 g/mol. The third-order valence-corrected chi connectivity index (χ3v) is 2.21. The van der Waals surface area contributed by atoms with E-state index >= 15 is 0 Å². The van der Waals surface area contributed by atoms with Gasteiger partial charge in [-0.1, -0.05) is 13.8 Å². The van der Waals surface area contributed by atoms with Gasteiger partial charge in [0.05, 0.1) is 0 Å². The fraction of sp³-hybridized carbons (Fsp3) is 0.667. The molecule has 0 aliphatic rings. The molecule has 0 saturated carbocycles. The SMILES string of the molecule is CCNc1cc(N(C)CC(C)C)nc(C)n1. The predicted molar refractivity (Wildman–Crippen MR) is 69.0 cm³/mol. The summed E-state index contributed by atoms with van der Waals surface area (Å²) in [6.45, 7) is 10.3. The average Bonchev–Trinajstić information content (AvgIpc) is 2.16. The zero-order valence-corrected chi connectivity index (χ0v) is 10.9. The Hall–Kier alpha value is -1.32. The summed E-state index contributed by atoms with van der Waals surface area (Å²) in [5.41, 5.74) is 0. The van der Waals surface area contributed by atoms with Gasteiger partial charge < -0.3 is 10.2 Å². The molecule has 4 heteroatoms. The van der Waals surface area contributed by atoms with E-state index in [9.17, 15) is 0 Å². The van der Waals surface area contributed by atoms with Gasteiger partial charge in [0, 0.05) is 26.2 Å². The molecule has 0 aromatic carbocycles. The van der Waals surface area contributed by atoms with Crippen molar-refractivity contribution < 1.29 is 0 Å². The fourth-order valence-electron chi connectivity index (χ4n) is 1.66. The first-order valence-electron chi connectivity index (χ1n) is 5.83. The fourth-order valence-corrected chi connectivity index (χ4v) is 1.66. The Morgan fingerprint density at radius 1 is 1.38 bits per heavy atom. The summed E-state index contributed by atoms with van der Waals surface area (Å²) in [6.07, 6.45) is 0. The van der Waals surface area contributed by atoms with E-state index in [1.165, 1.54) is 0 Å². The topological polar surface area (TPSA) is 41.0 Å². The largest absolute Gasteiger partial charge is 0.370 e. The highest BCUT2D eigenvalue weighted by molar-refractivity contribution is 5.48. The van der Waals surface area contributed by atoms with E-state index in [1.54, 1.807) is 0 Å². The van der Waals surface area contributed by atoms with Gasteiger partial charge in [-0.25, -0.2) is 9.97 Å². The molecule has 0 spiro atoms. The van der Waals surface area contributed by atoms with E-state index in [2.05, 4.69) is 48.0 Å². The smallest absolute Gasteiger partial charge is 0.134 e. The van der Waals surface area contributed by atoms with Crippen molar-refractivity contribution >= 4 is 11.6 Å². The zero-order valence-electron chi connectivity index (χ0n) is 10.9. The second kappa shape index (κ2) is 5.68. The normalized spacial score (nSPS) is 10.6. The number of aryl methyl sites for hydroxylation is 1. The van der Waals surface area contributed by atoms with E-state index in [1.807, 2.05) is 13.0 Å². The van der Waals surface area contributed by atoms with Gasteiger partial charge >= 0.3 is 0 Å². The minimum Gasteiger partial charge on any atom is -0.370 e. The standard InChI is InChI=1S/C12H22N4/c1-6-13-11-7-12(15-10(4)14-11)16(5)8-9(2)3/h7,9H,6,8H2,1-5H3,(H,13,14,15). The van der Waals surface area contributed by atoms with E-state index in [-0.39, 0.29) is 0 Å². The number of aromatic nitrogens is 2. The van der Waals surface area contributed by atoms with Crippen LogP contribution in [0.25, 0.3) is 0 Å². The van der Waals surface area contributed by atoms with Crippen LogP contribution in [0.15, 0.2) is 6.07 Å². The summed E-state index contributed by atoms with van der Waals surface area (Å²) in [5.74, 6) is 3.32. The van der Waals surface area contributed by atoms with Crippen LogP contribution in [0.4, 0.5) is 11.6 Å². The van der Waals surface area contributed by atoms with Crippen LogP contribution >= 0.6 is 0 Å². The van der Waals surface area contributed by atoms with E-state index in [4.69, 9.17) is 0 Å². The molecule has 90 valence electrons. The van der Waals surface area contributed by atoms with Gasteiger partial charge in [0.1, 0.15) is 17.5 Å². The monoisotopic (exact) mass is 222 g/mol. The molecule has 1 rings (SSSR count). The minimum atomic E-state index is 0.628. The summed E-state index contributed by atoms with van der Waals surface area (Å²) in [7, 11) is 2.07. The molecule has 0 saturated heterocycles. The lowest BCUT2D eigenvalue weighted by Crippen LogP contribution is -2.24. The van der Waals surface area contributed by atoms with Crippen molar-refractivity contribution in [1.82, 2.24) is 9.97 Å². The van der Waals surface area contributed by atoms with Gasteiger partial charge in [0.15, 0.2) is 0 Å². The summed E-state index contributed by atoms with van der Waals surface area (Å²) in [4.78, 5) is 10.9. The van der Waals surface area contributed by atoms with Gasteiger partial charge in [0.25, 0.3) is 0 Å². The van der Waals surface area contributed by atoms with E-state index in [0.29, 0.717) is 5.92 Å². The number of rotatable bonds is 5. The summed E-state index contributed by atoms with van der Waals surface area (Å²) >= 11 is 0. The lowest BCUT2D eigenvalue weighted by molar-refractivity contribution is 0.633. The quantitative estimate of drug-likeness (QED) is 0.830. The highest BCUT2D eigenvalue weighted by Gasteiger charge is 2.07. The Kier molecular flexibility index (Phi) is 4.52. The first-order valence-corrected chi connectivity index (χ1v) is 5.83. The predicted octanol–water partition coefficient (Wildman–Crippen LogP) is 2.31. The molecule has 1 aromatic heterocycles. The maximum atomic E-state index is 4.44. The van der Waals surface area contributed by atoms with Gasteiger partial charge in [-0.15, -0.1) is 0 Å². The maximum Gasteiger partial charge on any atom is 0.134 e. The van der Waals surface area contributed by atoms with Crippen LogP contribution in [0.2, 0.25) is 0 Å². The number of hydrogen-bond acceptors (Lipinski definition) is 4. The Bertz CT molecular complexity index is 336. The molecule has 0 aliphatic heterocycles. The molecule has 0 amide bonds. The lowest BCUT2D eigenvalue weighted by Gasteiger charge is -2.21. The molecular formula is C12H22N4. The summed E-state index contributed by atoms with van der Waals surface area (Å²) in [6, 6.07) is 2.00. The molecule has 0 aliphatic carbocycles. The van der Waals surface area contributed by atoms with Crippen molar-refractivity contribution in [3.05, 3.63) is 11.9 Å². The molecule has 0 fully saturated rings. The van der Waals surface area contributed by atoms with Crippen molar-refractivity contribution in [1.29, 1.82) is 0 Å². The van der Waals surface area contributed by atoms with E-state index in [0.717, 1.165) is 30.5 Å². The van der Waals surface area contributed by atoms with Crippen molar-refractivity contribution in [2.24, 2.45) is 5.92 Å². The molecule has 4 nitrogen and oxygen atoms in total. The third kappa shape index (κ3) is 3.68. The third-order valence-electron chi connectivity index (χ3n) is 2.21. The number of nitrogens with one attached hydrogen (secondary N) is 1. The molecule has 1 aromatic rings. The Morgan fingerprint density at radius 3 is 2.62 bits per heavy atom. The summed E-state index contributed by atoms with van der Waals surface area (Å²) in [5, 5.41) is 3.22. The number of hydrogen-bond donors (Lipinski definition) is 1. The Morgan fingerprint density at radius 2 is 2.06 bits per heavy atom. The zero-order chi connectivity index (χ0) is 12.1. The highest BCUT2D eigenvalue weighted by Crippen LogP contribution is 2.15. The molecule has 0 atom stereocenters. The van der Waals surface area contributed by atoms with Crippen LogP contribution in [0.5, 0.6) is 0 Å². The molecule has 16 heavy (non-hydrogen) atoms. The van der Waals surface area contributed by atoms with Crippen molar-refractivity contribution in [3.8, 4) is 0 Å². The molecule has 0 radical (unpaired) electrons. The molecule has 1 heterocycles. The number of anilines is 2. The maximum absolute atomic E-state index is 4.44. The molecular weight excluding hydrogens is 200 g/mol. The second-order valence-corrected chi connectivity index (χ2v) is 4.46. The van der Waals surface area contributed by atoms with Gasteiger partial charge in [-0.2, -0.15) is 0 Å². The molecule has 0 bridgehead atoms. The van der Waals surface area contributed by atoms with Crippen LogP contribution in [0.1, 0.15) is 26.6 Å². The Balaban J connectivity index is 2.86. The Labute approximate surface area is 98.1 Å². The van der Waals surface area contributed by atoms with Gasteiger partial charge in [-0.3, -0.25) is 0 Å². The van der Waals surface area contributed by atoms with Gasteiger partial charge in [0.2, 0.25) is 0 Å². The number of nitrogens with zero attached hydrogens (tertiary/aromatic N) is 3. The van der Waals surface area contributed by atoms with E-state index < -0.39 is 0 Å². The minimum absolute atomic E-state index is 0.628. The summed E-state index contributed by atoms with van der Waals surface area (Å²) < 4.78 is 0. The van der Waals surface area contributed by atoms with Crippen molar-refractivity contribution in [2.45, 2.75) is 27.7 Å². The first kappa shape index (κ1) is 12.7. The van der Waals surface area contributed by atoms with Gasteiger partial charge in [-0.05, 0) is 19.8 Å². The van der Waals surface area contributed by atoms with Crippen molar-refractivity contribution in [2.75, 3.05) is 30.4 Å². The molecule has 1 N–H and O–H groups in total. The van der Waals surface area contributed by atoms with Crippen LogP contribution in [-0.2, 0) is 0 Å². The van der Waals surface area contributed by atoms with Crippen LogP contribution in [0, 0.1) is 12.8 Å². The first-order chi connectivity index (χ1) is 7.52. The molecule has 0 unspecified atom stereocenters.